The molecule has 5 heteroatoms. The van der Waals surface area contributed by atoms with E-state index < -0.39 is 0 Å². The molecule has 14 heavy (non-hydrogen) atoms. The van der Waals surface area contributed by atoms with Crippen molar-refractivity contribution in [3.63, 3.8) is 0 Å². The van der Waals surface area contributed by atoms with Gasteiger partial charge in [-0.1, -0.05) is 5.21 Å². The number of hydrogen-bond donors (Lipinski definition) is 0. The second kappa shape index (κ2) is 4.19. The molecule has 0 N–H and O–H groups in total. The minimum Gasteiger partial charge on any atom is -0.265 e. The van der Waals surface area contributed by atoms with E-state index in [2.05, 4.69) is 15.3 Å². The Morgan fingerprint density at radius 3 is 2.79 bits per heavy atom. The maximum Gasteiger partial charge on any atom is 0.0738 e. The van der Waals surface area contributed by atoms with Crippen molar-refractivity contribution in [1.29, 1.82) is 0 Å². The molecule has 0 saturated carbocycles. The van der Waals surface area contributed by atoms with Gasteiger partial charge in [-0.15, -0.1) is 16.7 Å². The van der Waals surface area contributed by atoms with Gasteiger partial charge in [-0.2, -0.15) is 0 Å². The van der Waals surface area contributed by atoms with Crippen LogP contribution in [-0.4, -0.2) is 20.0 Å². The van der Waals surface area contributed by atoms with Gasteiger partial charge in [0.2, 0.25) is 0 Å². The Kier molecular flexibility index (Phi) is 2.74. The average Bonchev–Trinajstić information content (AvgIpc) is 2.67. The fraction of sp³-hybridized carbons (Fsp3) is 0.222. The van der Waals surface area contributed by atoms with Gasteiger partial charge in [-0.25, -0.2) is 4.68 Å². The third kappa shape index (κ3) is 1.90. The molecule has 2 rings (SSSR count). The Bertz CT molecular complexity index is 398. The normalized spacial score (nSPS) is 10.4. The summed E-state index contributed by atoms with van der Waals surface area (Å²) < 4.78 is 1.78. The van der Waals surface area contributed by atoms with Gasteiger partial charge in [0.25, 0.3) is 0 Å². The molecule has 0 aliphatic heterocycles. The monoisotopic (exact) mass is 208 g/mol. The molecular weight excluding hydrogens is 200 g/mol. The summed E-state index contributed by atoms with van der Waals surface area (Å²) in [6.07, 6.45) is 5.19. The zero-order valence-corrected chi connectivity index (χ0v) is 8.22. The predicted molar refractivity (Wildman–Crippen MR) is 52.9 cm³/mol. The molecule has 2 aromatic heterocycles. The van der Waals surface area contributed by atoms with Gasteiger partial charge >= 0.3 is 0 Å². The van der Waals surface area contributed by atoms with Crippen LogP contribution in [0.5, 0.6) is 0 Å². The van der Waals surface area contributed by atoms with E-state index in [0.717, 1.165) is 11.3 Å². The van der Waals surface area contributed by atoms with E-state index in [-0.39, 0.29) is 0 Å². The van der Waals surface area contributed by atoms with E-state index in [1.807, 2.05) is 12.1 Å². The molecule has 0 unspecified atom stereocenters. The molecular formula is C9H9ClN4. The summed E-state index contributed by atoms with van der Waals surface area (Å²) in [6, 6.07) is 3.89. The van der Waals surface area contributed by atoms with Crippen LogP contribution >= 0.6 is 11.6 Å². The highest BCUT2D eigenvalue weighted by Gasteiger charge is 2.02. The van der Waals surface area contributed by atoms with Crippen molar-refractivity contribution in [1.82, 2.24) is 20.0 Å². The molecule has 72 valence electrons. The number of hydrogen-bond acceptors (Lipinski definition) is 3. The molecule has 0 amide bonds. The molecule has 0 aromatic carbocycles. The van der Waals surface area contributed by atoms with Crippen molar-refractivity contribution >= 4 is 11.6 Å². The van der Waals surface area contributed by atoms with Crippen LogP contribution in [0.25, 0.3) is 0 Å². The van der Waals surface area contributed by atoms with Gasteiger partial charge in [-0.05, 0) is 17.7 Å². The van der Waals surface area contributed by atoms with Gasteiger partial charge in [-0.3, -0.25) is 4.98 Å². The molecule has 0 aliphatic rings. The van der Waals surface area contributed by atoms with Gasteiger partial charge < -0.3 is 0 Å². The average molecular weight is 209 g/mol. The van der Waals surface area contributed by atoms with Gasteiger partial charge in [0.1, 0.15) is 0 Å². The van der Waals surface area contributed by atoms with Crippen molar-refractivity contribution in [2.75, 3.05) is 0 Å². The summed E-state index contributed by atoms with van der Waals surface area (Å²) in [5.41, 5.74) is 2.06. The van der Waals surface area contributed by atoms with Crippen molar-refractivity contribution in [2.24, 2.45) is 0 Å². The van der Waals surface area contributed by atoms with E-state index in [1.54, 1.807) is 23.3 Å². The lowest BCUT2D eigenvalue weighted by Crippen LogP contribution is -2.05. The van der Waals surface area contributed by atoms with Crippen LogP contribution in [0, 0.1) is 0 Å². The lowest BCUT2D eigenvalue weighted by atomic mass is 10.3. The number of rotatable bonds is 3. The van der Waals surface area contributed by atoms with Crippen LogP contribution in [0.3, 0.4) is 0 Å². The first-order valence-corrected chi connectivity index (χ1v) is 4.76. The summed E-state index contributed by atoms with van der Waals surface area (Å²) in [4.78, 5) is 3.95. The van der Waals surface area contributed by atoms with E-state index in [9.17, 15) is 0 Å². The van der Waals surface area contributed by atoms with Crippen LogP contribution in [0.15, 0.2) is 30.7 Å². The molecule has 0 radical (unpaired) electrons. The highest BCUT2D eigenvalue weighted by molar-refractivity contribution is 6.16. The summed E-state index contributed by atoms with van der Waals surface area (Å²) in [5.74, 6) is 0.429. The lowest BCUT2D eigenvalue weighted by Gasteiger charge is -2.02. The van der Waals surface area contributed by atoms with Crippen molar-refractivity contribution < 1.29 is 0 Å². The number of alkyl halides is 1. The van der Waals surface area contributed by atoms with Crippen LogP contribution in [0.4, 0.5) is 0 Å². The van der Waals surface area contributed by atoms with Crippen LogP contribution in [0.2, 0.25) is 0 Å². The van der Waals surface area contributed by atoms with Gasteiger partial charge in [0, 0.05) is 12.4 Å². The second-order valence-electron chi connectivity index (χ2n) is 2.87. The minimum atomic E-state index is 0.429. The molecule has 0 saturated heterocycles. The molecule has 0 bridgehead atoms. The van der Waals surface area contributed by atoms with Gasteiger partial charge in [0.15, 0.2) is 0 Å². The zero-order valence-electron chi connectivity index (χ0n) is 7.47. The summed E-state index contributed by atoms with van der Waals surface area (Å²) >= 11 is 5.73. The quantitative estimate of drug-likeness (QED) is 0.718. The number of pyridine rings is 1. The van der Waals surface area contributed by atoms with Crippen molar-refractivity contribution in [2.45, 2.75) is 12.4 Å². The van der Waals surface area contributed by atoms with Gasteiger partial charge in [0.05, 0.1) is 24.3 Å². The topological polar surface area (TPSA) is 43.6 Å². The second-order valence-corrected chi connectivity index (χ2v) is 3.14. The first kappa shape index (κ1) is 9.15. The number of aromatic nitrogens is 4. The fourth-order valence-electron chi connectivity index (χ4n) is 1.18. The third-order valence-electron chi connectivity index (χ3n) is 1.92. The molecule has 0 atom stereocenters. The van der Waals surface area contributed by atoms with Crippen molar-refractivity contribution in [3.05, 3.63) is 42.0 Å². The molecule has 0 aliphatic carbocycles. The highest BCUT2D eigenvalue weighted by Crippen LogP contribution is 2.05. The third-order valence-corrected chi connectivity index (χ3v) is 2.19. The molecule has 0 fully saturated rings. The van der Waals surface area contributed by atoms with E-state index in [1.165, 1.54) is 0 Å². The van der Waals surface area contributed by atoms with E-state index in [0.29, 0.717) is 12.4 Å². The maximum absolute atomic E-state index is 5.73. The Morgan fingerprint density at radius 1 is 1.29 bits per heavy atom. The fourth-order valence-corrected chi connectivity index (χ4v) is 1.38. The standard InChI is InChI=1S/C9H9ClN4/c10-5-9-6-12-13-14(9)7-8-1-3-11-4-2-8/h1-4,6H,5,7H2. The van der Waals surface area contributed by atoms with Crippen LogP contribution in [0.1, 0.15) is 11.3 Å². The summed E-state index contributed by atoms with van der Waals surface area (Å²) in [5, 5.41) is 7.75. The molecule has 2 heterocycles. The Labute approximate surface area is 86.5 Å². The molecule has 0 spiro atoms. The first-order valence-electron chi connectivity index (χ1n) is 4.22. The number of halogens is 1. The molecule has 4 nitrogen and oxygen atoms in total. The largest absolute Gasteiger partial charge is 0.265 e. The number of nitrogens with zero attached hydrogens (tertiary/aromatic N) is 4. The van der Waals surface area contributed by atoms with Crippen molar-refractivity contribution in [3.8, 4) is 0 Å². The predicted octanol–water partition coefficient (Wildman–Crippen LogP) is 1.46. The zero-order chi connectivity index (χ0) is 9.80. The van der Waals surface area contributed by atoms with Crippen LogP contribution < -0.4 is 0 Å². The van der Waals surface area contributed by atoms with Crippen LogP contribution in [-0.2, 0) is 12.4 Å². The lowest BCUT2D eigenvalue weighted by molar-refractivity contribution is 0.630. The minimum absolute atomic E-state index is 0.429. The Hall–Kier alpha value is -1.42. The van der Waals surface area contributed by atoms with E-state index >= 15 is 0 Å². The first-order chi connectivity index (χ1) is 6.90. The summed E-state index contributed by atoms with van der Waals surface area (Å²) in [6.45, 7) is 0.685. The molecule has 2 aromatic rings. The highest BCUT2D eigenvalue weighted by atomic mass is 35.5. The smallest absolute Gasteiger partial charge is 0.0738 e. The maximum atomic E-state index is 5.73. The van der Waals surface area contributed by atoms with E-state index in [4.69, 9.17) is 11.6 Å². The Balaban J connectivity index is 2.19. The SMILES string of the molecule is ClCc1cnnn1Cc1ccncc1. The Morgan fingerprint density at radius 2 is 2.07 bits per heavy atom. The summed E-state index contributed by atoms with van der Waals surface area (Å²) in [7, 11) is 0.